The van der Waals surface area contributed by atoms with E-state index in [2.05, 4.69) is 25.8 Å². The van der Waals surface area contributed by atoms with Crippen LogP contribution in [0.1, 0.15) is 5.56 Å². The van der Waals surface area contributed by atoms with Crippen LogP contribution in [0, 0.1) is 0 Å². The van der Waals surface area contributed by atoms with Gasteiger partial charge in [0.15, 0.2) is 0 Å². The molecule has 0 aliphatic carbocycles. The monoisotopic (exact) mass is 324 g/mol. The molecule has 0 saturated heterocycles. The zero-order valence-corrected chi connectivity index (χ0v) is 12.2. The van der Waals surface area contributed by atoms with Crippen molar-refractivity contribution >= 4 is 21.9 Å². The number of methoxy groups -OCH3 is 2. The first-order chi connectivity index (χ1) is 9.12. The highest BCUT2D eigenvalue weighted by atomic mass is 79.9. The average molecular weight is 325 g/mol. The summed E-state index contributed by atoms with van der Waals surface area (Å²) in [4.78, 5) is 11.2. The Balaban J connectivity index is 2.27. The summed E-state index contributed by atoms with van der Waals surface area (Å²) >= 11 is 3.41. The molecule has 19 heavy (non-hydrogen) atoms. The second-order valence-electron chi connectivity index (χ2n) is 3.90. The number of nitrogens with zero attached hydrogens (tertiary/aromatic N) is 2. The van der Waals surface area contributed by atoms with Crippen LogP contribution in [0.5, 0.6) is 5.75 Å². The Kier molecular flexibility index (Phi) is 4.21. The van der Waals surface area contributed by atoms with Gasteiger partial charge in [-0.3, -0.25) is 4.79 Å². The van der Waals surface area contributed by atoms with E-state index < -0.39 is 0 Å². The van der Waals surface area contributed by atoms with Gasteiger partial charge < -0.3 is 9.47 Å². The summed E-state index contributed by atoms with van der Waals surface area (Å²) < 4.78 is 12.4. The zero-order valence-electron chi connectivity index (χ0n) is 10.6. The molecule has 0 radical (unpaired) electrons. The van der Waals surface area contributed by atoms with Gasteiger partial charge in [-0.15, -0.1) is 0 Å². The lowest BCUT2D eigenvalue weighted by molar-refractivity contribution is -0.139. The van der Waals surface area contributed by atoms with E-state index in [1.54, 1.807) is 24.2 Å². The van der Waals surface area contributed by atoms with Gasteiger partial charge in [0.05, 0.1) is 32.5 Å². The van der Waals surface area contributed by atoms with Crippen LogP contribution in [-0.2, 0) is 16.0 Å². The molecule has 0 amide bonds. The number of benzene rings is 1. The van der Waals surface area contributed by atoms with E-state index in [0.717, 1.165) is 21.5 Å². The summed E-state index contributed by atoms with van der Waals surface area (Å²) in [6.45, 7) is 0. The van der Waals surface area contributed by atoms with Crippen molar-refractivity contribution in [3.63, 3.8) is 0 Å². The van der Waals surface area contributed by atoms with E-state index >= 15 is 0 Å². The first-order valence-corrected chi connectivity index (χ1v) is 6.37. The van der Waals surface area contributed by atoms with E-state index in [1.807, 2.05) is 18.2 Å². The molecule has 0 atom stereocenters. The molecule has 0 fully saturated rings. The molecule has 1 heterocycles. The van der Waals surface area contributed by atoms with Crippen LogP contribution in [0.2, 0.25) is 0 Å². The standard InChI is InChI=1S/C13H13BrN2O3/c1-18-12-5-10(14)4-11(6-12)16-8-9(7-15-16)3-13(17)19-2/h4-8H,3H2,1-2H3. The summed E-state index contributed by atoms with van der Waals surface area (Å²) in [6, 6.07) is 5.64. The van der Waals surface area contributed by atoms with Gasteiger partial charge >= 0.3 is 5.97 Å². The highest BCUT2D eigenvalue weighted by Crippen LogP contribution is 2.23. The van der Waals surface area contributed by atoms with Crippen molar-refractivity contribution in [2.75, 3.05) is 14.2 Å². The maximum atomic E-state index is 11.2. The van der Waals surface area contributed by atoms with Gasteiger partial charge in [-0.2, -0.15) is 5.10 Å². The molecule has 0 N–H and O–H groups in total. The van der Waals surface area contributed by atoms with Gasteiger partial charge in [-0.1, -0.05) is 15.9 Å². The lowest BCUT2D eigenvalue weighted by Crippen LogP contribution is -2.03. The third-order valence-corrected chi connectivity index (χ3v) is 3.03. The van der Waals surface area contributed by atoms with Gasteiger partial charge in [0, 0.05) is 22.3 Å². The Morgan fingerprint density at radius 1 is 1.37 bits per heavy atom. The number of halogens is 1. The molecule has 1 aromatic heterocycles. The predicted octanol–water partition coefficient (Wildman–Crippen LogP) is 2.36. The fourth-order valence-electron chi connectivity index (χ4n) is 1.63. The fraction of sp³-hybridized carbons (Fsp3) is 0.231. The van der Waals surface area contributed by atoms with Gasteiger partial charge in [0.1, 0.15) is 5.75 Å². The minimum atomic E-state index is -0.286. The highest BCUT2D eigenvalue weighted by molar-refractivity contribution is 9.10. The third-order valence-electron chi connectivity index (χ3n) is 2.57. The molecule has 1 aromatic carbocycles. The van der Waals surface area contributed by atoms with Gasteiger partial charge in [0.2, 0.25) is 0 Å². The van der Waals surface area contributed by atoms with E-state index in [4.69, 9.17) is 4.74 Å². The quantitative estimate of drug-likeness (QED) is 0.810. The van der Waals surface area contributed by atoms with E-state index in [9.17, 15) is 4.79 Å². The maximum absolute atomic E-state index is 11.2. The van der Waals surface area contributed by atoms with Crippen molar-refractivity contribution < 1.29 is 14.3 Å². The van der Waals surface area contributed by atoms with Crippen LogP contribution in [-0.4, -0.2) is 30.0 Å². The summed E-state index contributed by atoms with van der Waals surface area (Å²) in [5, 5.41) is 4.22. The molecule has 0 bridgehead atoms. The van der Waals surface area contributed by atoms with Crippen molar-refractivity contribution in [1.29, 1.82) is 0 Å². The Hall–Kier alpha value is -1.82. The predicted molar refractivity (Wildman–Crippen MR) is 73.5 cm³/mol. The van der Waals surface area contributed by atoms with Gasteiger partial charge in [-0.05, 0) is 12.1 Å². The minimum Gasteiger partial charge on any atom is -0.497 e. The van der Waals surface area contributed by atoms with Crippen molar-refractivity contribution in [2.24, 2.45) is 0 Å². The molecule has 0 aliphatic rings. The second-order valence-corrected chi connectivity index (χ2v) is 4.81. The number of carbonyl (C=O) groups excluding carboxylic acids is 1. The average Bonchev–Trinajstić information content (AvgIpc) is 2.86. The Morgan fingerprint density at radius 3 is 2.84 bits per heavy atom. The third kappa shape index (κ3) is 3.35. The first kappa shape index (κ1) is 13.6. The number of carbonyl (C=O) groups is 1. The van der Waals surface area contributed by atoms with Crippen LogP contribution >= 0.6 is 15.9 Å². The summed E-state index contributed by atoms with van der Waals surface area (Å²) in [5.74, 6) is 0.445. The molecule has 0 spiro atoms. The molecule has 0 unspecified atom stereocenters. The molecular formula is C13H13BrN2O3. The van der Waals surface area contributed by atoms with Crippen LogP contribution in [0.15, 0.2) is 35.1 Å². The lowest BCUT2D eigenvalue weighted by Gasteiger charge is -2.05. The number of ether oxygens (including phenoxy) is 2. The molecule has 2 aromatic rings. The number of hydrogen-bond acceptors (Lipinski definition) is 4. The molecule has 6 heteroatoms. The van der Waals surface area contributed by atoms with E-state index in [-0.39, 0.29) is 12.4 Å². The smallest absolute Gasteiger partial charge is 0.310 e. The molecular weight excluding hydrogens is 312 g/mol. The summed E-state index contributed by atoms with van der Waals surface area (Å²) in [7, 11) is 2.98. The van der Waals surface area contributed by atoms with Crippen molar-refractivity contribution in [1.82, 2.24) is 9.78 Å². The molecule has 0 aliphatic heterocycles. The molecule has 100 valence electrons. The SMILES string of the molecule is COC(=O)Cc1cnn(-c2cc(Br)cc(OC)c2)c1. The maximum Gasteiger partial charge on any atom is 0.310 e. The van der Waals surface area contributed by atoms with Gasteiger partial charge in [-0.25, -0.2) is 4.68 Å². The van der Waals surface area contributed by atoms with Crippen LogP contribution in [0.25, 0.3) is 5.69 Å². The van der Waals surface area contributed by atoms with Crippen LogP contribution < -0.4 is 4.74 Å². The lowest BCUT2D eigenvalue weighted by atomic mass is 10.2. The highest BCUT2D eigenvalue weighted by Gasteiger charge is 2.08. The molecule has 5 nitrogen and oxygen atoms in total. The van der Waals surface area contributed by atoms with E-state index in [0.29, 0.717) is 0 Å². The zero-order chi connectivity index (χ0) is 13.8. The Morgan fingerprint density at radius 2 is 2.16 bits per heavy atom. The molecule has 0 saturated carbocycles. The number of hydrogen-bond donors (Lipinski definition) is 0. The Labute approximate surface area is 119 Å². The summed E-state index contributed by atoms with van der Waals surface area (Å²) in [6.07, 6.45) is 3.64. The topological polar surface area (TPSA) is 53.3 Å². The first-order valence-electron chi connectivity index (χ1n) is 5.57. The van der Waals surface area contributed by atoms with Crippen LogP contribution in [0.4, 0.5) is 0 Å². The Bertz CT molecular complexity index is 595. The van der Waals surface area contributed by atoms with Crippen molar-refractivity contribution in [3.05, 3.63) is 40.6 Å². The second kappa shape index (κ2) is 5.88. The van der Waals surface area contributed by atoms with Crippen LogP contribution in [0.3, 0.4) is 0 Å². The summed E-state index contributed by atoms with van der Waals surface area (Å²) in [5.41, 5.74) is 1.65. The minimum absolute atomic E-state index is 0.210. The van der Waals surface area contributed by atoms with Crippen molar-refractivity contribution in [3.8, 4) is 11.4 Å². The van der Waals surface area contributed by atoms with Crippen molar-refractivity contribution in [2.45, 2.75) is 6.42 Å². The number of rotatable bonds is 4. The van der Waals surface area contributed by atoms with Gasteiger partial charge in [0.25, 0.3) is 0 Å². The van der Waals surface area contributed by atoms with E-state index in [1.165, 1.54) is 7.11 Å². The largest absolute Gasteiger partial charge is 0.497 e. The fourth-order valence-corrected chi connectivity index (χ4v) is 2.09. The normalized spacial score (nSPS) is 10.3. The number of aromatic nitrogens is 2. The number of esters is 1. The molecule has 2 rings (SSSR count).